The Morgan fingerprint density at radius 3 is 1.21 bits per heavy atom. The van der Waals surface area contributed by atoms with Crippen LogP contribution in [0.25, 0.3) is 0 Å². The normalized spacial score (nSPS) is 11.5. The van der Waals surface area contributed by atoms with Crippen molar-refractivity contribution in [3.8, 4) is 0 Å². The lowest BCUT2D eigenvalue weighted by Gasteiger charge is -2.14. The molecule has 0 amide bonds. The molecule has 0 aromatic heterocycles. The molecule has 0 atom stereocenters. The standard InChI is InChI=1S/C18H15S.C7H5F3O3S/c1-4-10-16(11-5-1)19(17-12-6-2-7-13-17)18-14-8-3-9-15-18;8-7(9,10)5-3-1-2-4-6(5)14(11,12)13/h1-15H;1-4H,(H,11,12,13)/q+1;/p-1. The van der Waals surface area contributed by atoms with E-state index in [1.54, 1.807) is 0 Å². The van der Waals surface area contributed by atoms with E-state index in [9.17, 15) is 26.1 Å². The van der Waals surface area contributed by atoms with Gasteiger partial charge in [-0.2, -0.15) is 13.2 Å². The number of benzene rings is 4. The van der Waals surface area contributed by atoms with Crippen molar-refractivity contribution in [2.24, 2.45) is 0 Å². The molecule has 0 aliphatic carbocycles. The molecule has 0 N–H and O–H groups in total. The van der Waals surface area contributed by atoms with Gasteiger partial charge in [0.05, 0.1) is 21.4 Å². The van der Waals surface area contributed by atoms with Gasteiger partial charge >= 0.3 is 6.18 Å². The summed E-state index contributed by atoms with van der Waals surface area (Å²) in [7, 11) is -5.10. The third kappa shape index (κ3) is 6.71. The predicted molar refractivity (Wildman–Crippen MR) is 121 cm³/mol. The highest BCUT2D eigenvalue weighted by Gasteiger charge is 2.34. The van der Waals surface area contributed by atoms with E-state index in [0.29, 0.717) is 12.1 Å². The summed E-state index contributed by atoms with van der Waals surface area (Å²) in [6.45, 7) is 0. The fourth-order valence-corrected chi connectivity index (χ4v) is 5.80. The van der Waals surface area contributed by atoms with E-state index < -0.39 is 26.8 Å². The first-order valence-electron chi connectivity index (χ1n) is 9.69. The van der Waals surface area contributed by atoms with Crippen LogP contribution in [0, 0.1) is 0 Å². The molecule has 8 heteroatoms. The average Bonchev–Trinajstić information content (AvgIpc) is 2.81. The maximum Gasteiger partial charge on any atom is 0.417 e. The van der Waals surface area contributed by atoms with Gasteiger partial charge in [-0.15, -0.1) is 0 Å². The van der Waals surface area contributed by atoms with Crippen molar-refractivity contribution in [2.75, 3.05) is 0 Å². The van der Waals surface area contributed by atoms with Gasteiger partial charge in [0.2, 0.25) is 0 Å². The zero-order valence-electron chi connectivity index (χ0n) is 17.1. The van der Waals surface area contributed by atoms with Gasteiger partial charge in [0.25, 0.3) is 0 Å². The minimum absolute atomic E-state index is 0.0146. The first-order chi connectivity index (χ1) is 15.7. The summed E-state index contributed by atoms with van der Waals surface area (Å²) in [5.41, 5.74) is -1.44. The lowest BCUT2D eigenvalue weighted by Crippen LogP contribution is -2.12. The van der Waals surface area contributed by atoms with Gasteiger partial charge in [0.1, 0.15) is 10.1 Å². The number of rotatable bonds is 4. The van der Waals surface area contributed by atoms with Crippen LogP contribution in [-0.2, 0) is 27.2 Å². The van der Waals surface area contributed by atoms with E-state index in [0.717, 1.165) is 12.1 Å². The molecule has 0 unspecified atom stereocenters. The fourth-order valence-electron chi connectivity index (χ4n) is 3.00. The van der Waals surface area contributed by atoms with Crippen molar-refractivity contribution in [1.82, 2.24) is 0 Å². The molecule has 4 aromatic rings. The third-order valence-corrected chi connectivity index (χ3v) is 7.52. The molecular formula is C25H19F3O3S2. The van der Waals surface area contributed by atoms with E-state index >= 15 is 0 Å². The third-order valence-electron chi connectivity index (χ3n) is 4.40. The topological polar surface area (TPSA) is 57.2 Å². The van der Waals surface area contributed by atoms with Crippen LogP contribution in [0.1, 0.15) is 5.56 Å². The zero-order chi connectivity index (χ0) is 23.9. The molecule has 0 saturated carbocycles. The van der Waals surface area contributed by atoms with Crippen LogP contribution in [0.2, 0.25) is 0 Å². The summed E-state index contributed by atoms with van der Waals surface area (Å²) in [4.78, 5) is 2.84. The lowest BCUT2D eigenvalue weighted by molar-refractivity contribution is -0.140. The van der Waals surface area contributed by atoms with Crippen LogP contribution >= 0.6 is 0 Å². The summed E-state index contributed by atoms with van der Waals surface area (Å²) in [6.07, 6.45) is -4.84. The molecule has 0 spiro atoms. The smallest absolute Gasteiger partial charge is 0.417 e. The van der Waals surface area contributed by atoms with E-state index in [1.807, 2.05) is 0 Å². The molecule has 0 saturated heterocycles. The summed E-state index contributed by atoms with van der Waals surface area (Å²) in [5, 5.41) is 0. The number of hydrogen-bond acceptors (Lipinski definition) is 3. The van der Waals surface area contributed by atoms with Gasteiger partial charge in [-0.1, -0.05) is 66.7 Å². The molecule has 4 rings (SSSR count). The number of hydrogen-bond donors (Lipinski definition) is 0. The maximum absolute atomic E-state index is 12.2. The molecule has 0 aliphatic rings. The molecule has 170 valence electrons. The molecule has 0 radical (unpaired) electrons. The van der Waals surface area contributed by atoms with Crippen molar-refractivity contribution < 1.29 is 26.1 Å². The Bertz CT molecular complexity index is 1170. The molecule has 0 bridgehead atoms. The molecule has 0 aliphatic heterocycles. The Morgan fingerprint density at radius 1 is 0.576 bits per heavy atom. The summed E-state index contributed by atoms with van der Waals surface area (Å²) in [6, 6.07) is 35.4. The van der Waals surface area contributed by atoms with Crippen molar-refractivity contribution in [2.45, 2.75) is 25.8 Å². The van der Waals surface area contributed by atoms with E-state index in [4.69, 9.17) is 0 Å². The second-order valence-electron chi connectivity index (χ2n) is 6.69. The highest BCUT2D eigenvalue weighted by Crippen LogP contribution is 2.33. The first-order valence-corrected chi connectivity index (χ1v) is 12.3. The lowest BCUT2D eigenvalue weighted by atomic mass is 10.2. The highest BCUT2D eigenvalue weighted by atomic mass is 32.2. The van der Waals surface area contributed by atoms with Gasteiger partial charge < -0.3 is 4.55 Å². The number of alkyl halides is 3. The van der Waals surface area contributed by atoms with Crippen LogP contribution in [0.5, 0.6) is 0 Å². The Hall–Kier alpha value is -3.07. The van der Waals surface area contributed by atoms with Crippen LogP contribution in [0.15, 0.2) is 135 Å². The maximum atomic E-state index is 12.2. The van der Waals surface area contributed by atoms with Gasteiger partial charge in [0.15, 0.2) is 14.7 Å². The van der Waals surface area contributed by atoms with Gasteiger partial charge in [-0.3, -0.25) is 0 Å². The van der Waals surface area contributed by atoms with Crippen LogP contribution in [-0.4, -0.2) is 13.0 Å². The second kappa shape index (κ2) is 10.7. The van der Waals surface area contributed by atoms with Crippen molar-refractivity contribution in [3.05, 3.63) is 121 Å². The SMILES string of the molecule is O=S(=O)([O-])c1ccccc1C(F)(F)F.c1ccc([S+](c2ccccc2)c2ccccc2)cc1. The van der Waals surface area contributed by atoms with Crippen LogP contribution in [0.4, 0.5) is 13.2 Å². The molecule has 0 heterocycles. The Morgan fingerprint density at radius 2 is 0.909 bits per heavy atom. The van der Waals surface area contributed by atoms with Crippen LogP contribution < -0.4 is 0 Å². The van der Waals surface area contributed by atoms with Crippen molar-refractivity contribution >= 4 is 21.0 Å². The summed E-state index contributed by atoms with van der Waals surface area (Å²) in [5.74, 6) is 0. The Kier molecular flexibility index (Phi) is 7.97. The fraction of sp³-hybridized carbons (Fsp3) is 0.0400. The molecular weight excluding hydrogens is 469 g/mol. The summed E-state index contributed by atoms with van der Waals surface area (Å²) >= 11 is 0. The second-order valence-corrected chi connectivity index (χ2v) is 10.1. The van der Waals surface area contributed by atoms with Crippen molar-refractivity contribution in [3.63, 3.8) is 0 Å². The van der Waals surface area contributed by atoms with E-state index in [2.05, 4.69) is 91.0 Å². The van der Waals surface area contributed by atoms with Gasteiger partial charge in [0, 0.05) is 0 Å². The largest absolute Gasteiger partial charge is 0.744 e. The number of halogens is 3. The van der Waals surface area contributed by atoms with E-state index in [1.165, 1.54) is 14.7 Å². The first kappa shape index (κ1) is 24.6. The molecule has 3 nitrogen and oxygen atoms in total. The monoisotopic (exact) mass is 488 g/mol. The Labute approximate surface area is 193 Å². The summed E-state index contributed by atoms with van der Waals surface area (Å²) < 4.78 is 67.9. The minimum Gasteiger partial charge on any atom is -0.744 e. The Balaban J connectivity index is 0.000000196. The van der Waals surface area contributed by atoms with Crippen LogP contribution in [0.3, 0.4) is 0 Å². The molecule has 0 fully saturated rings. The molecule has 33 heavy (non-hydrogen) atoms. The minimum atomic E-state index is -5.09. The van der Waals surface area contributed by atoms with Gasteiger partial charge in [-0.05, 0) is 48.5 Å². The molecule has 4 aromatic carbocycles. The van der Waals surface area contributed by atoms with Gasteiger partial charge in [-0.25, -0.2) is 8.42 Å². The highest BCUT2D eigenvalue weighted by molar-refractivity contribution is 7.97. The quantitative estimate of drug-likeness (QED) is 0.247. The van der Waals surface area contributed by atoms with Crippen molar-refractivity contribution in [1.29, 1.82) is 0 Å². The van der Waals surface area contributed by atoms with E-state index in [-0.39, 0.29) is 10.9 Å². The zero-order valence-corrected chi connectivity index (χ0v) is 18.8. The predicted octanol–water partition coefficient (Wildman–Crippen LogP) is 6.39. The average molecular weight is 489 g/mol.